The Hall–Kier alpha value is -1.85. The minimum atomic E-state index is 0.659. The molecule has 0 radical (unpaired) electrons. The molecule has 1 aliphatic heterocycles. The molecule has 0 aliphatic carbocycles. The summed E-state index contributed by atoms with van der Waals surface area (Å²) in [6.07, 6.45) is 2.90. The van der Waals surface area contributed by atoms with Crippen molar-refractivity contribution in [3.63, 3.8) is 0 Å². The number of anilines is 2. The maximum Gasteiger partial charge on any atom is 0.226 e. The van der Waals surface area contributed by atoms with E-state index in [4.69, 9.17) is 0 Å². The Morgan fingerprint density at radius 1 is 1.50 bits per heavy atom. The summed E-state index contributed by atoms with van der Waals surface area (Å²) in [4.78, 5) is 18.7. The molecule has 6 heteroatoms. The van der Waals surface area contributed by atoms with E-state index in [0.29, 0.717) is 5.95 Å². The van der Waals surface area contributed by atoms with E-state index in [1.807, 2.05) is 6.92 Å². The molecular weight excluding hydrogens is 228 g/mol. The van der Waals surface area contributed by atoms with Crippen LogP contribution in [0.15, 0.2) is 6.33 Å². The van der Waals surface area contributed by atoms with Gasteiger partial charge in [-0.05, 0) is 19.3 Å². The van der Waals surface area contributed by atoms with Gasteiger partial charge >= 0.3 is 0 Å². The standard InChI is InChI=1S/C12H18N6/c1-3-13-12-16-10-9(14-7-15-10)11(17-12)18-5-4-8(2)6-18/h7-8H,3-6H2,1-2H3,(H2,13,14,15,16,17). The number of aromatic nitrogens is 4. The molecule has 6 nitrogen and oxygen atoms in total. The lowest BCUT2D eigenvalue weighted by Crippen LogP contribution is -2.21. The van der Waals surface area contributed by atoms with E-state index >= 15 is 0 Å². The Balaban J connectivity index is 2.05. The van der Waals surface area contributed by atoms with Gasteiger partial charge in [0, 0.05) is 19.6 Å². The molecule has 0 amide bonds. The maximum atomic E-state index is 4.61. The third-order valence-corrected chi connectivity index (χ3v) is 3.32. The Labute approximate surface area is 106 Å². The lowest BCUT2D eigenvalue weighted by molar-refractivity contribution is 0.659. The van der Waals surface area contributed by atoms with E-state index in [2.05, 4.69) is 37.1 Å². The highest BCUT2D eigenvalue weighted by molar-refractivity contribution is 5.84. The number of nitrogens with one attached hydrogen (secondary N) is 2. The quantitative estimate of drug-likeness (QED) is 0.861. The zero-order valence-electron chi connectivity index (χ0n) is 10.8. The smallest absolute Gasteiger partial charge is 0.226 e. The Kier molecular flexibility index (Phi) is 2.77. The van der Waals surface area contributed by atoms with Crippen molar-refractivity contribution in [2.75, 3.05) is 29.9 Å². The third kappa shape index (κ3) is 1.87. The Morgan fingerprint density at radius 2 is 2.39 bits per heavy atom. The van der Waals surface area contributed by atoms with Gasteiger partial charge in [0.25, 0.3) is 0 Å². The zero-order chi connectivity index (χ0) is 12.5. The van der Waals surface area contributed by atoms with Crippen LogP contribution in [0.1, 0.15) is 20.3 Å². The molecule has 1 atom stereocenters. The van der Waals surface area contributed by atoms with Gasteiger partial charge in [-0.1, -0.05) is 6.92 Å². The van der Waals surface area contributed by atoms with E-state index in [-0.39, 0.29) is 0 Å². The van der Waals surface area contributed by atoms with Crippen LogP contribution in [-0.2, 0) is 0 Å². The number of nitrogens with zero attached hydrogens (tertiary/aromatic N) is 4. The van der Waals surface area contributed by atoms with Gasteiger partial charge in [-0.15, -0.1) is 0 Å². The van der Waals surface area contributed by atoms with Gasteiger partial charge in [-0.2, -0.15) is 9.97 Å². The third-order valence-electron chi connectivity index (χ3n) is 3.32. The lowest BCUT2D eigenvalue weighted by Gasteiger charge is -2.18. The minimum absolute atomic E-state index is 0.659. The largest absolute Gasteiger partial charge is 0.354 e. The van der Waals surface area contributed by atoms with Crippen molar-refractivity contribution in [1.29, 1.82) is 0 Å². The molecule has 1 unspecified atom stereocenters. The van der Waals surface area contributed by atoms with Crippen LogP contribution >= 0.6 is 0 Å². The molecule has 2 aromatic rings. The summed E-state index contributed by atoms with van der Waals surface area (Å²) < 4.78 is 0. The van der Waals surface area contributed by atoms with Crippen LogP contribution in [0.4, 0.5) is 11.8 Å². The number of hydrogen-bond donors (Lipinski definition) is 2. The van der Waals surface area contributed by atoms with Gasteiger partial charge in [-0.3, -0.25) is 0 Å². The number of imidazole rings is 1. The molecule has 1 aliphatic rings. The number of rotatable bonds is 3. The highest BCUT2D eigenvalue weighted by Crippen LogP contribution is 2.27. The second-order valence-electron chi connectivity index (χ2n) is 4.84. The molecule has 0 spiro atoms. The first-order valence-electron chi connectivity index (χ1n) is 6.48. The number of H-pyrrole nitrogens is 1. The molecule has 3 heterocycles. The number of aromatic amines is 1. The molecule has 0 aromatic carbocycles. The van der Waals surface area contributed by atoms with Crippen molar-refractivity contribution < 1.29 is 0 Å². The average Bonchev–Trinajstić information content (AvgIpc) is 2.97. The van der Waals surface area contributed by atoms with Gasteiger partial charge in [0.05, 0.1) is 6.33 Å². The molecule has 3 rings (SSSR count). The van der Waals surface area contributed by atoms with Crippen LogP contribution in [0.5, 0.6) is 0 Å². The van der Waals surface area contributed by atoms with E-state index in [9.17, 15) is 0 Å². The first-order chi connectivity index (χ1) is 8.78. The summed E-state index contributed by atoms with van der Waals surface area (Å²) in [5, 5.41) is 3.16. The first kappa shape index (κ1) is 11.3. The molecular formula is C12H18N6. The number of fused-ring (bicyclic) bond motifs is 1. The average molecular weight is 246 g/mol. The molecule has 2 aromatic heterocycles. The van der Waals surface area contributed by atoms with Crippen LogP contribution in [0.25, 0.3) is 11.2 Å². The lowest BCUT2D eigenvalue weighted by atomic mass is 10.2. The van der Waals surface area contributed by atoms with Crippen LogP contribution in [0.2, 0.25) is 0 Å². The fourth-order valence-electron chi connectivity index (χ4n) is 2.41. The molecule has 1 fully saturated rings. The normalized spacial score (nSPS) is 19.7. The van der Waals surface area contributed by atoms with E-state index in [1.54, 1.807) is 6.33 Å². The van der Waals surface area contributed by atoms with Gasteiger partial charge in [-0.25, -0.2) is 4.98 Å². The first-order valence-corrected chi connectivity index (χ1v) is 6.48. The maximum absolute atomic E-state index is 4.61. The van der Waals surface area contributed by atoms with Crippen molar-refractivity contribution in [3.8, 4) is 0 Å². The molecule has 1 saturated heterocycles. The second-order valence-corrected chi connectivity index (χ2v) is 4.84. The van der Waals surface area contributed by atoms with E-state index in [0.717, 1.165) is 42.5 Å². The molecule has 0 saturated carbocycles. The van der Waals surface area contributed by atoms with Crippen LogP contribution in [0.3, 0.4) is 0 Å². The van der Waals surface area contributed by atoms with Crippen LogP contribution < -0.4 is 10.2 Å². The van der Waals surface area contributed by atoms with Gasteiger partial charge < -0.3 is 15.2 Å². The van der Waals surface area contributed by atoms with Crippen LogP contribution in [-0.4, -0.2) is 39.6 Å². The van der Waals surface area contributed by atoms with Gasteiger partial charge in [0.2, 0.25) is 5.95 Å². The summed E-state index contributed by atoms with van der Waals surface area (Å²) in [7, 11) is 0. The highest BCUT2D eigenvalue weighted by atomic mass is 15.3. The number of hydrogen-bond acceptors (Lipinski definition) is 5. The van der Waals surface area contributed by atoms with E-state index in [1.165, 1.54) is 6.42 Å². The van der Waals surface area contributed by atoms with Gasteiger partial charge in [0.15, 0.2) is 11.5 Å². The molecule has 96 valence electrons. The minimum Gasteiger partial charge on any atom is -0.354 e. The summed E-state index contributed by atoms with van der Waals surface area (Å²) in [5.74, 6) is 2.35. The molecule has 2 N–H and O–H groups in total. The van der Waals surface area contributed by atoms with Crippen molar-refractivity contribution in [2.45, 2.75) is 20.3 Å². The second kappa shape index (κ2) is 4.44. The SMILES string of the molecule is CCNc1nc(N2CCC(C)C2)c2[nH]cnc2n1. The Morgan fingerprint density at radius 3 is 3.11 bits per heavy atom. The highest BCUT2D eigenvalue weighted by Gasteiger charge is 2.23. The summed E-state index contributed by atoms with van der Waals surface area (Å²) in [6, 6.07) is 0. The Bertz CT molecular complexity index is 548. The van der Waals surface area contributed by atoms with Crippen LogP contribution in [0, 0.1) is 5.92 Å². The predicted octanol–water partition coefficient (Wildman–Crippen LogP) is 1.63. The monoisotopic (exact) mass is 246 g/mol. The summed E-state index contributed by atoms with van der Waals surface area (Å²) in [6.45, 7) is 7.23. The predicted molar refractivity (Wildman–Crippen MR) is 71.8 cm³/mol. The summed E-state index contributed by atoms with van der Waals surface area (Å²) >= 11 is 0. The van der Waals surface area contributed by atoms with E-state index < -0.39 is 0 Å². The molecule has 0 bridgehead atoms. The zero-order valence-corrected chi connectivity index (χ0v) is 10.8. The molecule has 18 heavy (non-hydrogen) atoms. The topological polar surface area (TPSA) is 69.7 Å². The van der Waals surface area contributed by atoms with Crippen molar-refractivity contribution in [3.05, 3.63) is 6.33 Å². The fraction of sp³-hybridized carbons (Fsp3) is 0.583. The summed E-state index contributed by atoms with van der Waals surface area (Å²) in [5.41, 5.74) is 1.67. The van der Waals surface area contributed by atoms with Crippen molar-refractivity contribution in [2.24, 2.45) is 5.92 Å². The van der Waals surface area contributed by atoms with Crippen molar-refractivity contribution >= 4 is 22.9 Å². The fourth-order valence-corrected chi connectivity index (χ4v) is 2.41. The van der Waals surface area contributed by atoms with Gasteiger partial charge in [0.1, 0.15) is 5.52 Å². The van der Waals surface area contributed by atoms with Crippen molar-refractivity contribution in [1.82, 2.24) is 19.9 Å².